The average Bonchev–Trinajstić information content (AvgIpc) is 3.05. The lowest BCUT2D eigenvalue weighted by Crippen LogP contribution is -2.30. The maximum absolute atomic E-state index is 2.47. The zero-order valence-corrected chi connectivity index (χ0v) is 35.6. The Morgan fingerprint density at radius 2 is 0.444 bits per heavy atom. The minimum Gasteiger partial charge on any atom is -0.0913 e. The van der Waals surface area contributed by atoms with Gasteiger partial charge >= 0.3 is 0 Å². The van der Waals surface area contributed by atoms with E-state index < -0.39 is 0 Å². The fourth-order valence-corrected chi connectivity index (χ4v) is 23.7. The van der Waals surface area contributed by atoms with E-state index in [9.17, 15) is 0 Å². The first kappa shape index (κ1) is 46.3. The van der Waals surface area contributed by atoms with E-state index in [0.29, 0.717) is 0 Å². The Balaban J connectivity index is 6.95. The van der Waals surface area contributed by atoms with Crippen LogP contribution in [0.25, 0.3) is 0 Å². The zero-order chi connectivity index (χ0) is 33.3. The number of unbranched alkanes of at least 4 members (excludes halogenated alkanes) is 20. The maximum atomic E-state index is 2.47. The molecule has 0 aromatic carbocycles. The first-order valence-corrected chi connectivity index (χ1v) is 26.5. The van der Waals surface area contributed by atoms with E-state index in [4.69, 9.17) is 0 Å². The molecular weight excluding hydrogens is 597 g/mol. The molecule has 0 aromatic rings. The van der Waals surface area contributed by atoms with Crippen LogP contribution in [0.5, 0.6) is 0 Å². The molecule has 0 aliphatic heterocycles. The Labute approximate surface area is 292 Å². The van der Waals surface area contributed by atoms with Crippen molar-refractivity contribution >= 4 is 23.8 Å². The monoisotopic (exact) mass is 687 g/mol. The molecule has 0 bridgehead atoms. The van der Waals surface area contributed by atoms with Gasteiger partial charge < -0.3 is 0 Å². The third kappa shape index (κ3) is 22.6. The molecule has 0 N–H and O–H groups in total. The molecule has 0 aromatic heterocycles. The van der Waals surface area contributed by atoms with Crippen molar-refractivity contribution in [3.63, 3.8) is 0 Å². The molecule has 0 aliphatic rings. The second kappa shape index (κ2) is 35.1. The van der Waals surface area contributed by atoms with Crippen LogP contribution in [0, 0.1) is 0 Å². The summed E-state index contributed by atoms with van der Waals surface area (Å²) in [7, 11) is 0.369. The molecule has 3 heteroatoms. The van der Waals surface area contributed by atoms with Crippen LogP contribution in [0.2, 0.25) is 0 Å². The predicted octanol–water partition coefficient (Wildman–Crippen LogP) is 17.1. The summed E-state index contributed by atoms with van der Waals surface area (Å²) in [5.74, 6) is 0. The van der Waals surface area contributed by atoms with Crippen LogP contribution in [0.15, 0.2) is 0 Å². The van der Waals surface area contributed by atoms with E-state index in [1.54, 1.807) is 88.3 Å². The lowest BCUT2D eigenvalue weighted by Gasteiger charge is -2.54. The van der Waals surface area contributed by atoms with E-state index in [0.717, 1.165) is 4.64 Å². The third-order valence-corrected chi connectivity index (χ3v) is 24.3. The highest BCUT2D eigenvalue weighted by atomic mass is 31.2. The van der Waals surface area contributed by atoms with Gasteiger partial charge in [0.1, 0.15) is 0 Å². The third-order valence-electron chi connectivity index (χ3n) is 10.3. The van der Waals surface area contributed by atoms with Crippen LogP contribution in [0.3, 0.4) is 0 Å². The quantitative estimate of drug-likeness (QED) is 0.0451. The Bertz CT molecular complexity index is 459. The minimum atomic E-state index is 0.123. The topological polar surface area (TPSA) is 0 Å². The highest BCUT2D eigenvalue weighted by Gasteiger charge is 2.48. The molecule has 0 atom stereocenters. The fourth-order valence-electron chi connectivity index (χ4n) is 7.47. The Morgan fingerprint density at radius 1 is 0.244 bits per heavy atom. The Morgan fingerprint density at radius 3 is 0.644 bits per heavy atom. The van der Waals surface area contributed by atoms with Crippen molar-refractivity contribution in [1.82, 2.24) is 0 Å². The fraction of sp³-hybridized carbons (Fsp3) is 1.00. The molecule has 45 heavy (non-hydrogen) atoms. The van der Waals surface area contributed by atoms with Gasteiger partial charge in [0.2, 0.25) is 0 Å². The molecule has 0 fully saturated rings. The molecule has 0 amide bonds. The van der Waals surface area contributed by atoms with Gasteiger partial charge in [0.15, 0.2) is 0 Å². The summed E-state index contributed by atoms with van der Waals surface area (Å²) in [4.78, 5) is 0. The number of hydrogen-bond donors (Lipinski definition) is 0. The average molecular weight is 687 g/mol. The summed E-state index contributed by atoms with van der Waals surface area (Å²) in [6, 6.07) is 0. The molecule has 272 valence electrons. The smallest absolute Gasteiger partial charge is 0.0301 e. The molecule has 0 heterocycles. The summed E-state index contributed by atoms with van der Waals surface area (Å²) in [5, 5.41) is 0. The lowest BCUT2D eigenvalue weighted by molar-refractivity contribution is 0.654. The summed E-state index contributed by atoms with van der Waals surface area (Å²) in [6.45, 7) is 17.0. The molecule has 0 saturated heterocycles. The van der Waals surface area contributed by atoms with Crippen LogP contribution in [0.4, 0.5) is 0 Å². The van der Waals surface area contributed by atoms with Gasteiger partial charge in [-0.3, -0.25) is 0 Å². The molecule has 0 rings (SSSR count). The zero-order valence-electron chi connectivity index (χ0n) is 32.9. The number of hydrogen-bond acceptors (Lipinski definition) is 0. The molecule has 0 spiro atoms. The maximum Gasteiger partial charge on any atom is 0.0301 e. The Hall–Kier alpha value is 1.29. The normalized spacial score (nSPS) is 12.4. The predicted molar refractivity (Wildman–Crippen MR) is 222 cm³/mol. The van der Waals surface area contributed by atoms with E-state index >= 15 is 0 Å². The first-order valence-electron chi connectivity index (χ1n) is 21.4. The second-order valence-electron chi connectivity index (χ2n) is 14.6. The van der Waals surface area contributed by atoms with Gasteiger partial charge in [0.05, 0.1) is 0 Å². The van der Waals surface area contributed by atoms with Gasteiger partial charge in [-0.05, 0) is 81.9 Å². The molecular formula is C42H89P3. The van der Waals surface area contributed by atoms with Crippen LogP contribution in [0.1, 0.15) is 228 Å². The highest BCUT2D eigenvalue weighted by molar-refractivity contribution is 7.93. The summed E-state index contributed by atoms with van der Waals surface area (Å²) in [5.41, 5.74) is 0. The summed E-state index contributed by atoms with van der Waals surface area (Å²) >= 11 is 0. The number of rotatable bonds is 37. The second-order valence-corrected chi connectivity index (χ2v) is 23.8. The van der Waals surface area contributed by atoms with Crippen molar-refractivity contribution in [3.8, 4) is 0 Å². The SMILES string of the molecule is CCCCCCP(CCCCCC)C(CCCCC)(P(CCCCCC)CCCCCC)P(CCCCCC)CCCCCC. The van der Waals surface area contributed by atoms with Crippen molar-refractivity contribution in [2.24, 2.45) is 0 Å². The molecule has 0 saturated carbocycles. The lowest BCUT2D eigenvalue weighted by atomic mass is 10.2. The van der Waals surface area contributed by atoms with Crippen molar-refractivity contribution in [1.29, 1.82) is 0 Å². The van der Waals surface area contributed by atoms with Gasteiger partial charge in [0.25, 0.3) is 0 Å². The summed E-state index contributed by atoms with van der Waals surface area (Å²) in [6.07, 6.45) is 51.4. The van der Waals surface area contributed by atoms with Gasteiger partial charge in [-0.15, -0.1) is 0 Å². The largest absolute Gasteiger partial charge is 0.0913 e. The molecule has 0 radical (unpaired) electrons. The van der Waals surface area contributed by atoms with Crippen molar-refractivity contribution in [2.75, 3.05) is 37.0 Å². The van der Waals surface area contributed by atoms with E-state index in [-0.39, 0.29) is 23.8 Å². The van der Waals surface area contributed by atoms with Gasteiger partial charge in [-0.25, -0.2) is 0 Å². The van der Waals surface area contributed by atoms with Gasteiger partial charge in [-0.1, -0.05) is 207 Å². The van der Waals surface area contributed by atoms with E-state index in [1.165, 1.54) is 128 Å². The van der Waals surface area contributed by atoms with Crippen LogP contribution < -0.4 is 0 Å². The van der Waals surface area contributed by atoms with Crippen LogP contribution >= 0.6 is 23.8 Å². The highest BCUT2D eigenvalue weighted by Crippen LogP contribution is 2.82. The minimum absolute atomic E-state index is 0.123. The summed E-state index contributed by atoms with van der Waals surface area (Å²) < 4.78 is 0.782. The molecule has 0 aliphatic carbocycles. The Kier molecular flexibility index (Phi) is 36.1. The van der Waals surface area contributed by atoms with Crippen molar-refractivity contribution in [2.45, 2.75) is 233 Å². The van der Waals surface area contributed by atoms with Gasteiger partial charge in [0, 0.05) is 4.64 Å². The van der Waals surface area contributed by atoms with E-state index in [2.05, 4.69) is 48.5 Å². The van der Waals surface area contributed by atoms with E-state index in [1.807, 2.05) is 0 Å². The van der Waals surface area contributed by atoms with Crippen molar-refractivity contribution in [3.05, 3.63) is 0 Å². The molecule has 0 unspecified atom stereocenters. The van der Waals surface area contributed by atoms with Gasteiger partial charge in [-0.2, -0.15) is 0 Å². The van der Waals surface area contributed by atoms with Crippen LogP contribution in [-0.2, 0) is 0 Å². The first-order chi connectivity index (χ1) is 22.1. The molecule has 0 nitrogen and oxygen atoms in total. The van der Waals surface area contributed by atoms with Crippen LogP contribution in [-0.4, -0.2) is 41.6 Å². The standard InChI is InChI=1S/C42H89P3/c1-8-15-22-29-36-43(37-30-23-16-9-2)42(35-28-21-14-7,44(38-31-24-17-10-3)39-32-25-18-11-4)45(40-33-26-19-12-5)41-34-27-20-13-6/h8-41H2,1-7H3. The van der Waals surface area contributed by atoms with Crippen molar-refractivity contribution < 1.29 is 0 Å².